The van der Waals surface area contributed by atoms with Crippen LogP contribution in [0, 0.1) is 0 Å². The molecule has 2 aliphatic heterocycles. The van der Waals surface area contributed by atoms with E-state index in [4.69, 9.17) is 18.9 Å². The van der Waals surface area contributed by atoms with E-state index in [2.05, 4.69) is 5.32 Å². The van der Waals surface area contributed by atoms with Crippen LogP contribution < -0.4 is 14.8 Å². The Morgan fingerprint density at radius 3 is 1.82 bits per heavy atom. The third-order valence-corrected chi connectivity index (χ3v) is 10.6. The molecule has 4 aromatic rings. The number of unbranched alkanes of at least 4 members (excludes halogenated alkanes) is 2. The number of hydrogen-bond donors (Lipinski definition) is 1. The molecular weight excluding hydrogens is 727 g/mol. The number of esters is 1. The fourth-order valence-electron chi connectivity index (χ4n) is 7.61. The fourth-order valence-corrected chi connectivity index (χ4v) is 7.61. The molecule has 1 unspecified atom stereocenters. The highest BCUT2D eigenvalue weighted by molar-refractivity contribution is 6.21. The lowest BCUT2D eigenvalue weighted by molar-refractivity contribution is -0.150. The van der Waals surface area contributed by atoms with Crippen molar-refractivity contribution < 1.29 is 42.9 Å². The van der Waals surface area contributed by atoms with Gasteiger partial charge < -0.3 is 29.2 Å². The summed E-state index contributed by atoms with van der Waals surface area (Å²) in [5.41, 5.74) is 2.25. The number of likely N-dealkylation sites (tertiary alicyclic amines) is 1. The van der Waals surface area contributed by atoms with Gasteiger partial charge in [0, 0.05) is 32.9 Å². The Hall–Kier alpha value is -6.01. The number of nitrogens with zero attached hydrogens (tertiary/aromatic N) is 2. The normalized spacial score (nSPS) is 16.3. The number of carbonyl (C=O) groups is 5. The molecule has 2 atom stereocenters. The zero-order valence-electron chi connectivity index (χ0n) is 32.6. The molecule has 0 saturated carbocycles. The maximum absolute atomic E-state index is 14.0. The smallest absolute Gasteiger partial charge is 0.306 e. The van der Waals surface area contributed by atoms with E-state index in [0.717, 1.165) is 16.7 Å². The second-order valence-corrected chi connectivity index (χ2v) is 14.2. The summed E-state index contributed by atoms with van der Waals surface area (Å²) in [5.74, 6) is -0.107. The van der Waals surface area contributed by atoms with Crippen LogP contribution in [0.25, 0.3) is 0 Å². The predicted octanol–water partition coefficient (Wildman–Crippen LogP) is 5.91. The summed E-state index contributed by atoms with van der Waals surface area (Å²) >= 11 is 0. The summed E-state index contributed by atoms with van der Waals surface area (Å²) in [6, 6.07) is 31.6. The number of nitrogens with one attached hydrogen (secondary N) is 1. The first-order valence-corrected chi connectivity index (χ1v) is 19.3. The van der Waals surface area contributed by atoms with Gasteiger partial charge in [0.15, 0.2) is 0 Å². The number of benzene rings is 4. The van der Waals surface area contributed by atoms with Crippen LogP contribution in [-0.4, -0.2) is 92.5 Å². The largest absolute Gasteiger partial charge is 0.497 e. The highest BCUT2D eigenvalue weighted by Crippen LogP contribution is 2.42. The van der Waals surface area contributed by atoms with E-state index in [9.17, 15) is 24.0 Å². The third kappa shape index (κ3) is 9.18. The van der Waals surface area contributed by atoms with Crippen molar-refractivity contribution in [2.45, 2.75) is 62.7 Å². The average Bonchev–Trinajstić information content (AvgIpc) is 3.77. The number of fused-ring (bicyclic) bond motifs is 1. The van der Waals surface area contributed by atoms with E-state index in [1.807, 2.05) is 78.9 Å². The summed E-state index contributed by atoms with van der Waals surface area (Å²) in [6.45, 7) is 0.550. The van der Waals surface area contributed by atoms with Crippen LogP contribution in [0.4, 0.5) is 0 Å². The molecule has 0 spiro atoms. The number of amides is 4. The molecule has 0 radical (unpaired) electrons. The number of carbonyl (C=O) groups excluding carboxylic acids is 5. The van der Waals surface area contributed by atoms with Gasteiger partial charge in [-0.1, -0.05) is 73.2 Å². The standard InChI is InChI=1S/C45H49N3O9/c1-46-40(49)25-26-42(51)57-37-28-34(48(29-37)41(50)16-8-5-11-27-47-43(52)38-14-9-10-15-39(38)44(47)53)30-56-45(31-12-6-4-7-13-31,32-17-21-35(54-2)22-18-32)33-19-23-36(55-3)24-20-33/h4,6-7,9-10,12-15,17-24,34,37H,5,8,11,16,25-30H2,1-3H3,(H,46,49)/t34-,37?/m0/s1. The van der Waals surface area contributed by atoms with E-state index in [0.29, 0.717) is 48.3 Å². The molecule has 4 amide bonds. The first-order chi connectivity index (χ1) is 27.7. The molecule has 2 heterocycles. The Morgan fingerprint density at radius 1 is 0.702 bits per heavy atom. The van der Waals surface area contributed by atoms with Crippen LogP contribution in [0.5, 0.6) is 11.5 Å². The van der Waals surface area contributed by atoms with Gasteiger partial charge in [-0.15, -0.1) is 0 Å². The molecule has 12 nitrogen and oxygen atoms in total. The van der Waals surface area contributed by atoms with Crippen molar-refractivity contribution >= 4 is 29.6 Å². The van der Waals surface area contributed by atoms with Gasteiger partial charge in [-0.25, -0.2) is 0 Å². The Balaban J connectivity index is 1.21. The molecule has 12 heteroatoms. The van der Waals surface area contributed by atoms with Gasteiger partial charge in [-0.3, -0.25) is 28.9 Å². The monoisotopic (exact) mass is 775 g/mol. The lowest BCUT2D eigenvalue weighted by Gasteiger charge is -2.38. The van der Waals surface area contributed by atoms with Crippen LogP contribution in [0.2, 0.25) is 0 Å². The number of imide groups is 1. The highest BCUT2D eigenvalue weighted by atomic mass is 16.5. The summed E-state index contributed by atoms with van der Waals surface area (Å²) in [6.07, 6.45) is 1.60. The summed E-state index contributed by atoms with van der Waals surface area (Å²) in [7, 11) is 4.74. The van der Waals surface area contributed by atoms with Crippen LogP contribution in [0.15, 0.2) is 103 Å². The first kappa shape index (κ1) is 40.6. The lowest BCUT2D eigenvalue weighted by Crippen LogP contribution is -2.42. The Morgan fingerprint density at radius 2 is 1.26 bits per heavy atom. The van der Waals surface area contributed by atoms with E-state index < -0.39 is 23.7 Å². The van der Waals surface area contributed by atoms with Crippen LogP contribution in [-0.2, 0) is 29.5 Å². The first-order valence-electron chi connectivity index (χ1n) is 19.3. The molecule has 298 valence electrons. The molecule has 0 bridgehead atoms. The molecule has 1 fully saturated rings. The summed E-state index contributed by atoms with van der Waals surface area (Å²) in [5, 5.41) is 2.51. The van der Waals surface area contributed by atoms with Crippen LogP contribution >= 0.6 is 0 Å². The van der Waals surface area contributed by atoms with Gasteiger partial charge in [0.1, 0.15) is 23.2 Å². The van der Waals surface area contributed by atoms with Crippen molar-refractivity contribution in [1.82, 2.24) is 15.1 Å². The topological polar surface area (TPSA) is 141 Å². The van der Waals surface area contributed by atoms with Gasteiger partial charge in [0.05, 0.1) is 51.0 Å². The zero-order chi connectivity index (χ0) is 40.4. The summed E-state index contributed by atoms with van der Waals surface area (Å²) in [4.78, 5) is 67.3. The quantitative estimate of drug-likeness (QED) is 0.0566. The number of methoxy groups -OCH3 is 2. The van der Waals surface area contributed by atoms with Crippen LogP contribution in [0.1, 0.15) is 82.4 Å². The van der Waals surface area contributed by atoms with E-state index >= 15 is 0 Å². The fraction of sp³-hybridized carbons (Fsp3) is 0.356. The minimum atomic E-state index is -1.12. The highest BCUT2D eigenvalue weighted by Gasteiger charge is 2.43. The lowest BCUT2D eigenvalue weighted by atomic mass is 9.80. The maximum atomic E-state index is 14.0. The third-order valence-electron chi connectivity index (χ3n) is 10.6. The Kier molecular flexibility index (Phi) is 13.4. The van der Waals surface area contributed by atoms with Gasteiger partial charge in [-0.2, -0.15) is 0 Å². The Bertz CT molecular complexity index is 1950. The van der Waals surface area contributed by atoms with Crippen molar-refractivity contribution in [3.63, 3.8) is 0 Å². The molecular formula is C45H49N3O9. The van der Waals surface area contributed by atoms with Crippen LogP contribution in [0.3, 0.4) is 0 Å². The summed E-state index contributed by atoms with van der Waals surface area (Å²) < 4.78 is 24.0. The molecule has 57 heavy (non-hydrogen) atoms. The van der Waals surface area contributed by atoms with Crippen molar-refractivity contribution in [2.75, 3.05) is 41.0 Å². The van der Waals surface area contributed by atoms with Gasteiger partial charge in [0.25, 0.3) is 11.8 Å². The van der Waals surface area contributed by atoms with Crippen molar-refractivity contribution in [3.05, 3.63) is 131 Å². The minimum absolute atomic E-state index is 0.00126. The minimum Gasteiger partial charge on any atom is -0.497 e. The van der Waals surface area contributed by atoms with Gasteiger partial charge in [0.2, 0.25) is 11.8 Å². The Labute approximate surface area is 333 Å². The molecule has 4 aromatic carbocycles. The molecule has 0 aromatic heterocycles. The zero-order valence-corrected chi connectivity index (χ0v) is 32.6. The van der Waals surface area contributed by atoms with Gasteiger partial charge in [-0.05, 0) is 65.9 Å². The SMILES string of the molecule is CNC(=O)CCC(=O)OC1C[C@@H](COC(c2ccccc2)(c2ccc(OC)cc2)c2ccc(OC)cc2)N(C(=O)CCCCCN2C(=O)c3ccccc3C2=O)C1. The second kappa shape index (κ2) is 18.8. The van der Waals surface area contributed by atoms with Crippen molar-refractivity contribution in [1.29, 1.82) is 0 Å². The number of rotatable bonds is 18. The molecule has 2 aliphatic rings. The number of ether oxygens (including phenoxy) is 4. The van der Waals surface area contributed by atoms with E-state index in [1.54, 1.807) is 43.4 Å². The average molecular weight is 776 g/mol. The molecule has 1 N–H and O–H groups in total. The number of hydrogen-bond acceptors (Lipinski definition) is 9. The van der Waals surface area contributed by atoms with Crippen molar-refractivity contribution in [2.24, 2.45) is 0 Å². The maximum Gasteiger partial charge on any atom is 0.306 e. The van der Waals surface area contributed by atoms with Gasteiger partial charge >= 0.3 is 5.97 Å². The molecule has 6 rings (SSSR count). The van der Waals surface area contributed by atoms with E-state index in [1.165, 1.54) is 11.9 Å². The predicted molar refractivity (Wildman–Crippen MR) is 212 cm³/mol. The molecule has 0 aliphatic carbocycles. The van der Waals surface area contributed by atoms with E-state index in [-0.39, 0.29) is 62.6 Å². The van der Waals surface area contributed by atoms with Crippen molar-refractivity contribution in [3.8, 4) is 11.5 Å². The second-order valence-electron chi connectivity index (χ2n) is 14.2. The molecule has 1 saturated heterocycles.